The smallest absolute Gasteiger partial charge is 0.323 e. The quantitative estimate of drug-likeness (QED) is 0.647. The van der Waals surface area contributed by atoms with Gasteiger partial charge in [-0.25, -0.2) is 4.79 Å². The second-order valence-corrected chi connectivity index (χ2v) is 8.76. The summed E-state index contributed by atoms with van der Waals surface area (Å²) in [6, 6.07) is -0.957. The van der Waals surface area contributed by atoms with Crippen molar-refractivity contribution in [1.82, 2.24) is 10.6 Å². The molecule has 0 aromatic carbocycles. The molecule has 0 radical (unpaired) electrons. The van der Waals surface area contributed by atoms with Gasteiger partial charge in [0.25, 0.3) is 7.59 Å². The van der Waals surface area contributed by atoms with Gasteiger partial charge in [-0.2, -0.15) is 0 Å². The first-order chi connectivity index (χ1) is 10.0. The Hall–Kier alpha value is 0.850. The number of carbonyl (C=O) groups is 1. The van der Waals surface area contributed by atoms with Crippen molar-refractivity contribution in [3.8, 4) is 0 Å². The minimum atomic E-state index is -2.11. The molecule has 0 unspecified atom stereocenters. The van der Waals surface area contributed by atoms with Gasteiger partial charge in [0.05, 0.1) is 26.4 Å². The fourth-order valence-corrected chi connectivity index (χ4v) is 2.71. The Bertz CT molecular complexity index is 389. The van der Waals surface area contributed by atoms with Gasteiger partial charge in [-0.3, -0.25) is 10.6 Å². The van der Waals surface area contributed by atoms with E-state index < -0.39 is 25.4 Å². The van der Waals surface area contributed by atoms with Crippen LogP contribution in [0.2, 0.25) is 0 Å². The summed E-state index contributed by atoms with van der Waals surface area (Å²) in [4.78, 5) is 12.2. The van der Waals surface area contributed by atoms with E-state index in [0.717, 1.165) is 0 Å². The summed E-state index contributed by atoms with van der Waals surface area (Å²) >= 11 is 34.7. The Morgan fingerprint density at radius 2 is 1.00 bits per heavy atom. The molecule has 0 bridgehead atoms. The summed E-state index contributed by atoms with van der Waals surface area (Å²) in [7, 11) is 0. The van der Waals surface area contributed by atoms with Crippen LogP contribution in [0.5, 0.6) is 0 Å². The van der Waals surface area contributed by atoms with E-state index in [9.17, 15) is 4.79 Å². The molecule has 2 rings (SSSR count). The number of urea groups is 1. The highest BCUT2D eigenvalue weighted by Gasteiger charge is 2.59. The van der Waals surface area contributed by atoms with Crippen molar-refractivity contribution in [1.29, 1.82) is 0 Å². The summed E-state index contributed by atoms with van der Waals surface area (Å²) in [6.45, 7) is 0.432. The van der Waals surface area contributed by atoms with Crippen LogP contribution in [0.1, 0.15) is 0 Å². The highest BCUT2D eigenvalue weighted by atomic mass is 35.6. The highest BCUT2D eigenvalue weighted by molar-refractivity contribution is 6.68. The Morgan fingerprint density at radius 1 is 0.727 bits per heavy atom. The van der Waals surface area contributed by atoms with E-state index in [2.05, 4.69) is 10.6 Å². The monoisotopic (exact) mass is 436 g/mol. The lowest BCUT2D eigenvalue weighted by Gasteiger charge is -2.37. The van der Waals surface area contributed by atoms with Gasteiger partial charge in [0.2, 0.25) is 0 Å². The number of rotatable bonds is 2. The van der Waals surface area contributed by atoms with Crippen LogP contribution >= 0.6 is 69.6 Å². The molecule has 2 heterocycles. The topological polar surface area (TPSA) is 78.1 Å². The maximum Gasteiger partial charge on any atom is 0.323 e. The van der Waals surface area contributed by atoms with E-state index >= 15 is 0 Å². The average Bonchev–Trinajstić information content (AvgIpc) is 2.97. The number of nitrogens with one attached hydrogen (secondary N) is 2. The van der Waals surface area contributed by atoms with Gasteiger partial charge >= 0.3 is 17.9 Å². The molecule has 2 aliphatic heterocycles. The standard InChI is InChI=1S/C9H10Cl6N2O5/c10-6(11,12)8(19-1-2-20-8)16-5(18)17-9(7(13,14)15)21-3-4-22-9/h1-4H2,(H2,16,17,18). The molecule has 0 saturated carbocycles. The molecule has 0 atom stereocenters. The lowest BCUT2D eigenvalue weighted by molar-refractivity contribution is -0.181. The van der Waals surface area contributed by atoms with Gasteiger partial charge in [0.15, 0.2) is 0 Å². The molecule has 0 aromatic rings. The minimum Gasteiger partial charge on any atom is -0.327 e. The summed E-state index contributed by atoms with van der Waals surface area (Å²) in [5.41, 5.74) is 0. The van der Waals surface area contributed by atoms with E-state index in [1.807, 2.05) is 0 Å². The summed E-state index contributed by atoms with van der Waals surface area (Å²) in [5.74, 6) is -3.98. The molecular weight excluding hydrogens is 429 g/mol. The molecule has 2 amide bonds. The van der Waals surface area contributed by atoms with E-state index in [-0.39, 0.29) is 26.4 Å². The highest BCUT2D eigenvalue weighted by Crippen LogP contribution is 2.43. The molecule has 128 valence electrons. The van der Waals surface area contributed by atoms with Gasteiger partial charge < -0.3 is 18.9 Å². The molecule has 22 heavy (non-hydrogen) atoms. The molecule has 0 aromatic heterocycles. The minimum absolute atomic E-state index is 0.108. The number of hydrogen-bond donors (Lipinski definition) is 2. The molecule has 2 fully saturated rings. The van der Waals surface area contributed by atoms with Crippen molar-refractivity contribution < 1.29 is 23.7 Å². The van der Waals surface area contributed by atoms with Crippen LogP contribution in [-0.4, -0.2) is 51.9 Å². The predicted octanol–water partition coefficient (Wildman–Crippen LogP) is 2.43. The third-order valence-corrected chi connectivity index (χ3v) is 4.18. The Balaban J connectivity index is 2.11. The average molecular weight is 439 g/mol. The number of halogens is 6. The molecule has 2 N–H and O–H groups in total. The molecule has 7 nitrogen and oxygen atoms in total. The second kappa shape index (κ2) is 6.63. The second-order valence-electron chi connectivity index (χ2n) is 4.20. The third-order valence-electron chi connectivity index (χ3n) is 2.69. The van der Waals surface area contributed by atoms with E-state index in [4.69, 9.17) is 88.6 Å². The lowest BCUT2D eigenvalue weighted by atomic mass is 10.5. The van der Waals surface area contributed by atoms with Crippen molar-refractivity contribution in [3.63, 3.8) is 0 Å². The molecule has 0 spiro atoms. The van der Waals surface area contributed by atoms with Crippen LogP contribution in [0.3, 0.4) is 0 Å². The van der Waals surface area contributed by atoms with Crippen molar-refractivity contribution in [2.75, 3.05) is 26.4 Å². The number of carbonyl (C=O) groups excluding carboxylic acids is 1. The first-order valence-corrected chi connectivity index (χ1v) is 8.08. The van der Waals surface area contributed by atoms with Gasteiger partial charge in [0, 0.05) is 0 Å². The Morgan fingerprint density at radius 3 is 1.23 bits per heavy atom. The van der Waals surface area contributed by atoms with Crippen LogP contribution in [0.4, 0.5) is 4.79 Å². The molecule has 2 aliphatic rings. The summed E-state index contributed by atoms with van der Waals surface area (Å²) in [6.07, 6.45) is 0. The molecule has 2 saturated heterocycles. The predicted molar refractivity (Wildman–Crippen MR) is 81.5 cm³/mol. The zero-order chi connectivity index (χ0) is 16.6. The van der Waals surface area contributed by atoms with Crippen LogP contribution in [0, 0.1) is 0 Å². The first kappa shape index (κ1) is 19.2. The Labute approximate surface area is 155 Å². The van der Waals surface area contributed by atoms with Crippen molar-refractivity contribution in [3.05, 3.63) is 0 Å². The fraction of sp³-hybridized carbons (Fsp3) is 0.889. The third kappa shape index (κ3) is 3.74. The van der Waals surface area contributed by atoms with Crippen LogP contribution in [-0.2, 0) is 18.9 Å². The van der Waals surface area contributed by atoms with E-state index in [0.29, 0.717) is 0 Å². The lowest BCUT2D eigenvalue weighted by Crippen LogP contribution is -2.66. The summed E-state index contributed by atoms with van der Waals surface area (Å²) < 4.78 is 16.5. The zero-order valence-electron chi connectivity index (χ0n) is 10.6. The normalized spacial score (nSPS) is 24.3. The first-order valence-electron chi connectivity index (χ1n) is 5.81. The largest absolute Gasteiger partial charge is 0.327 e. The van der Waals surface area contributed by atoms with Crippen LogP contribution < -0.4 is 10.6 Å². The number of amides is 2. The van der Waals surface area contributed by atoms with Gasteiger partial charge in [0.1, 0.15) is 0 Å². The fourth-order valence-electron chi connectivity index (χ4n) is 1.77. The molecule has 13 heteroatoms. The summed E-state index contributed by atoms with van der Waals surface area (Å²) in [5, 5.41) is 4.46. The molecule has 0 aliphatic carbocycles. The number of ether oxygens (including phenoxy) is 4. The van der Waals surface area contributed by atoms with Gasteiger partial charge in [-0.05, 0) is 0 Å². The van der Waals surface area contributed by atoms with E-state index in [1.54, 1.807) is 0 Å². The zero-order valence-corrected chi connectivity index (χ0v) is 15.2. The SMILES string of the molecule is O=C(NC1(C(Cl)(Cl)Cl)OCCO1)NC1(C(Cl)(Cl)Cl)OCCO1. The van der Waals surface area contributed by atoms with Crippen molar-refractivity contribution in [2.45, 2.75) is 19.4 Å². The van der Waals surface area contributed by atoms with Gasteiger partial charge in [-0.15, -0.1) is 0 Å². The van der Waals surface area contributed by atoms with Crippen LogP contribution in [0.15, 0.2) is 0 Å². The van der Waals surface area contributed by atoms with Gasteiger partial charge in [-0.1, -0.05) is 69.6 Å². The van der Waals surface area contributed by atoms with Crippen molar-refractivity contribution >= 4 is 75.6 Å². The van der Waals surface area contributed by atoms with Crippen LogP contribution in [0.25, 0.3) is 0 Å². The Kier molecular flexibility index (Phi) is 5.78. The maximum absolute atomic E-state index is 12.2. The molecular formula is C9H10Cl6N2O5. The van der Waals surface area contributed by atoms with E-state index in [1.165, 1.54) is 0 Å². The number of hydrogen-bond acceptors (Lipinski definition) is 5. The maximum atomic E-state index is 12.2. The number of alkyl halides is 6. The van der Waals surface area contributed by atoms with Crippen molar-refractivity contribution in [2.24, 2.45) is 0 Å².